The largest absolute Gasteiger partial charge is 0.379 e. The summed E-state index contributed by atoms with van der Waals surface area (Å²) in [5, 5.41) is 4.12. The SMILES string of the molecule is Cc1cccc(NC(=S)N(CCCN2CCOCC2)Cc2ccc(F)cc2)c1C. The van der Waals surface area contributed by atoms with Crippen LogP contribution in [0.25, 0.3) is 0 Å². The Balaban J connectivity index is 1.65. The van der Waals surface area contributed by atoms with Gasteiger partial charge in [0.15, 0.2) is 5.11 Å². The lowest BCUT2D eigenvalue weighted by atomic mass is 10.1. The molecule has 0 saturated carbocycles. The van der Waals surface area contributed by atoms with Crippen LogP contribution in [-0.2, 0) is 11.3 Å². The van der Waals surface area contributed by atoms with E-state index in [1.807, 2.05) is 18.2 Å². The van der Waals surface area contributed by atoms with Crippen LogP contribution in [0.3, 0.4) is 0 Å². The monoisotopic (exact) mass is 415 g/mol. The van der Waals surface area contributed by atoms with Crippen LogP contribution in [0.2, 0.25) is 0 Å². The molecule has 6 heteroatoms. The second-order valence-electron chi connectivity index (χ2n) is 7.53. The summed E-state index contributed by atoms with van der Waals surface area (Å²) in [4.78, 5) is 4.60. The summed E-state index contributed by atoms with van der Waals surface area (Å²) >= 11 is 5.76. The Morgan fingerprint density at radius 1 is 1.14 bits per heavy atom. The molecule has 0 bridgehead atoms. The summed E-state index contributed by atoms with van der Waals surface area (Å²) in [6.07, 6.45) is 1.01. The molecule has 1 heterocycles. The van der Waals surface area contributed by atoms with Gasteiger partial charge in [-0.2, -0.15) is 0 Å². The highest BCUT2D eigenvalue weighted by Gasteiger charge is 2.15. The third kappa shape index (κ3) is 6.49. The molecule has 1 aliphatic rings. The fraction of sp³-hybridized carbons (Fsp3) is 0.435. The van der Waals surface area contributed by atoms with E-state index in [1.54, 1.807) is 0 Å². The maximum Gasteiger partial charge on any atom is 0.173 e. The molecule has 2 aromatic rings. The molecule has 29 heavy (non-hydrogen) atoms. The first kappa shape index (κ1) is 21.7. The van der Waals surface area contributed by atoms with Gasteiger partial charge in [-0.05, 0) is 67.4 Å². The van der Waals surface area contributed by atoms with Crippen LogP contribution < -0.4 is 5.32 Å². The molecule has 0 unspecified atom stereocenters. The molecule has 156 valence electrons. The highest BCUT2D eigenvalue weighted by atomic mass is 32.1. The molecule has 1 fully saturated rings. The van der Waals surface area contributed by atoms with Crippen LogP contribution in [0.4, 0.5) is 10.1 Å². The van der Waals surface area contributed by atoms with Crippen molar-refractivity contribution in [3.05, 3.63) is 65.0 Å². The van der Waals surface area contributed by atoms with Crippen LogP contribution in [0.5, 0.6) is 0 Å². The number of anilines is 1. The van der Waals surface area contributed by atoms with Gasteiger partial charge in [0.1, 0.15) is 5.82 Å². The lowest BCUT2D eigenvalue weighted by Crippen LogP contribution is -2.40. The van der Waals surface area contributed by atoms with Gasteiger partial charge < -0.3 is 15.0 Å². The van der Waals surface area contributed by atoms with Crippen molar-refractivity contribution < 1.29 is 9.13 Å². The summed E-state index contributed by atoms with van der Waals surface area (Å²) in [5.74, 6) is -0.219. The van der Waals surface area contributed by atoms with Crippen LogP contribution in [-0.4, -0.2) is 54.3 Å². The summed E-state index contributed by atoms with van der Waals surface area (Å²) in [7, 11) is 0. The van der Waals surface area contributed by atoms with E-state index in [0.29, 0.717) is 11.7 Å². The number of ether oxygens (including phenoxy) is 1. The first-order valence-electron chi connectivity index (χ1n) is 10.2. The lowest BCUT2D eigenvalue weighted by Gasteiger charge is -2.30. The number of hydrogen-bond acceptors (Lipinski definition) is 3. The zero-order chi connectivity index (χ0) is 20.6. The van der Waals surface area contributed by atoms with E-state index in [1.165, 1.54) is 23.3 Å². The molecule has 0 aromatic heterocycles. The summed E-state index contributed by atoms with van der Waals surface area (Å²) < 4.78 is 18.7. The third-order valence-corrected chi connectivity index (χ3v) is 5.79. The van der Waals surface area contributed by atoms with Gasteiger partial charge in [-0.15, -0.1) is 0 Å². The van der Waals surface area contributed by atoms with Gasteiger partial charge in [-0.25, -0.2) is 4.39 Å². The Hall–Kier alpha value is -2.02. The maximum atomic E-state index is 13.3. The average molecular weight is 416 g/mol. The smallest absolute Gasteiger partial charge is 0.173 e. The molecule has 0 atom stereocenters. The zero-order valence-corrected chi connectivity index (χ0v) is 18.1. The number of thiocarbonyl (C=S) groups is 1. The van der Waals surface area contributed by atoms with E-state index in [-0.39, 0.29) is 5.82 Å². The van der Waals surface area contributed by atoms with Gasteiger partial charge in [0, 0.05) is 38.4 Å². The molecule has 0 radical (unpaired) electrons. The summed E-state index contributed by atoms with van der Waals surface area (Å²) in [6, 6.07) is 12.8. The molecular formula is C23H30FN3OS. The lowest BCUT2D eigenvalue weighted by molar-refractivity contribution is 0.0368. The minimum absolute atomic E-state index is 0.219. The van der Waals surface area contributed by atoms with Gasteiger partial charge in [0.25, 0.3) is 0 Å². The van der Waals surface area contributed by atoms with Crippen LogP contribution in [0.1, 0.15) is 23.1 Å². The molecule has 0 aliphatic carbocycles. The Labute approximate surface area is 178 Å². The van der Waals surface area contributed by atoms with Crippen molar-refractivity contribution in [2.45, 2.75) is 26.8 Å². The predicted octanol–water partition coefficient (Wildman–Crippen LogP) is 4.36. The van der Waals surface area contributed by atoms with Crippen molar-refractivity contribution in [2.24, 2.45) is 0 Å². The molecule has 1 aliphatic heterocycles. The highest BCUT2D eigenvalue weighted by Crippen LogP contribution is 2.19. The standard InChI is InChI=1S/C23H30FN3OS/c1-18-5-3-6-22(19(18)2)25-23(29)27(17-20-7-9-21(24)10-8-20)12-4-11-26-13-15-28-16-14-26/h3,5-10H,4,11-17H2,1-2H3,(H,25,29). The van der Waals surface area contributed by atoms with E-state index in [9.17, 15) is 4.39 Å². The number of hydrogen-bond donors (Lipinski definition) is 1. The molecule has 1 saturated heterocycles. The molecule has 0 spiro atoms. The summed E-state index contributed by atoms with van der Waals surface area (Å²) in [5.41, 5.74) is 4.51. The van der Waals surface area contributed by atoms with Crippen molar-refractivity contribution in [3.8, 4) is 0 Å². The van der Waals surface area contributed by atoms with Crippen LogP contribution >= 0.6 is 12.2 Å². The number of nitrogens with zero attached hydrogens (tertiary/aromatic N) is 2. The third-order valence-electron chi connectivity index (χ3n) is 5.43. The average Bonchev–Trinajstić information content (AvgIpc) is 2.73. The fourth-order valence-corrected chi connectivity index (χ4v) is 3.72. The Kier molecular flexibility index (Phi) is 7.98. The second kappa shape index (κ2) is 10.7. The first-order chi connectivity index (χ1) is 14.0. The topological polar surface area (TPSA) is 27.7 Å². The van der Waals surface area contributed by atoms with E-state index in [0.717, 1.165) is 57.1 Å². The molecule has 2 aromatic carbocycles. The van der Waals surface area contributed by atoms with Crippen molar-refractivity contribution in [1.82, 2.24) is 9.80 Å². The van der Waals surface area contributed by atoms with Crippen molar-refractivity contribution in [3.63, 3.8) is 0 Å². The number of halogens is 1. The normalized spacial score (nSPS) is 14.6. The number of morpholine rings is 1. The highest BCUT2D eigenvalue weighted by molar-refractivity contribution is 7.80. The fourth-order valence-electron chi connectivity index (χ4n) is 3.45. The van der Waals surface area contributed by atoms with Gasteiger partial charge in [-0.3, -0.25) is 4.90 Å². The van der Waals surface area contributed by atoms with E-state index in [2.05, 4.69) is 41.1 Å². The van der Waals surface area contributed by atoms with Crippen LogP contribution in [0.15, 0.2) is 42.5 Å². The van der Waals surface area contributed by atoms with E-state index in [4.69, 9.17) is 17.0 Å². The first-order valence-corrected chi connectivity index (χ1v) is 10.6. The van der Waals surface area contributed by atoms with Gasteiger partial charge in [0.2, 0.25) is 0 Å². The van der Waals surface area contributed by atoms with Gasteiger partial charge in [-0.1, -0.05) is 24.3 Å². The van der Waals surface area contributed by atoms with E-state index < -0.39 is 0 Å². The minimum atomic E-state index is -0.219. The number of nitrogens with one attached hydrogen (secondary N) is 1. The minimum Gasteiger partial charge on any atom is -0.379 e. The van der Waals surface area contributed by atoms with Gasteiger partial charge >= 0.3 is 0 Å². The van der Waals surface area contributed by atoms with Crippen LogP contribution in [0, 0.1) is 19.7 Å². The summed E-state index contributed by atoms with van der Waals surface area (Å²) in [6.45, 7) is 10.3. The van der Waals surface area contributed by atoms with E-state index >= 15 is 0 Å². The molecule has 4 nitrogen and oxygen atoms in total. The quantitative estimate of drug-likeness (QED) is 0.678. The van der Waals surface area contributed by atoms with Crippen molar-refractivity contribution >= 4 is 23.0 Å². The van der Waals surface area contributed by atoms with Crippen molar-refractivity contribution in [1.29, 1.82) is 0 Å². The Morgan fingerprint density at radius 3 is 2.59 bits per heavy atom. The predicted molar refractivity (Wildman–Crippen MR) is 121 cm³/mol. The maximum absolute atomic E-state index is 13.3. The second-order valence-corrected chi connectivity index (χ2v) is 7.92. The number of rotatable bonds is 7. The zero-order valence-electron chi connectivity index (χ0n) is 17.3. The molecule has 3 rings (SSSR count). The number of aryl methyl sites for hydroxylation is 1. The Morgan fingerprint density at radius 2 is 1.86 bits per heavy atom. The molecule has 1 N–H and O–H groups in total. The molecular weight excluding hydrogens is 385 g/mol. The van der Waals surface area contributed by atoms with Gasteiger partial charge in [0.05, 0.1) is 13.2 Å². The Bertz CT molecular complexity index is 806. The van der Waals surface area contributed by atoms with Crippen molar-refractivity contribution in [2.75, 3.05) is 44.7 Å². The molecule has 0 amide bonds. The number of benzene rings is 2.